The van der Waals surface area contributed by atoms with Crippen LogP contribution in [0.4, 0.5) is 0 Å². The number of methoxy groups -OCH3 is 1. The van der Waals surface area contributed by atoms with Crippen molar-refractivity contribution in [2.45, 2.75) is 39.0 Å². The van der Waals surface area contributed by atoms with E-state index in [0.717, 1.165) is 35.6 Å². The summed E-state index contributed by atoms with van der Waals surface area (Å²) in [5.41, 5.74) is 2.86. The summed E-state index contributed by atoms with van der Waals surface area (Å²) in [7, 11) is 1.64. The van der Waals surface area contributed by atoms with E-state index in [1.165, 1.54) is 0 Å². The Hall–Kier alpha value is -2.60. The molecule has 6 heteroatoms. The Balaban J connectivity index is 1.73. The fraction of sp³-hybridized carbons (Fsp3) is 0.400. The molecule has 1 aromatic carbocycles. The topological polar surface area (TPSA) is 58.3 Å². The summed E-state index contributed by atoms with van der Waals surface area (Å²) in [5, 5.41) is 5.16. The summed E-state index contributed by atoms with van der Waals surface area (Å²) in [6.45, 7) is 5.29. The summed E-state index contributed by atoms with van der Waals surface area (Å²) >= 11 is 0. The molecule has 0 N–H and O–H groups in total. The molecule has 1 fully saturated rings. The normalized spacial score (nSPS) is 20.0. The monoisotopic (exact) mass is 353 g/mol. The molecule has 0 unspecified atom stereocenters. The lowest BCUT2D eigenvalue weighted by molar-refractivity contribution is 0.106. The maximum atomic E-state index is 13.0. The molecule has 26 heavy (non-hydrogen) atoms. The second kappa shape index (κ2) is 6.61. The SMILES string of the molecule is COc1ccc(Cn2c(C)cc3c(cnn3[C@H]3CCO[C@H]3C)c2=O)cc1. The zero-order valence-corrected chi connectivity index (χ0v) is 15.3. The van der Waals surface area contributed by atoms with Crippen LogP contribution in [0.1, 0.15) is 30.6 Å². The quantitative estimate of drug-likeness (QED) is 0.724. The van der Waals surface area contributed by atoms with Crippen molar-refractivity contribution in [3.63, 3.8) is 0 Å². The van der Waals surface area contributed by atoms with Gasteiger partial charge in [0.15, 0.2) is 0 Å². The molecule has 1 aliphatic heterocycles. The second-order valence-electron chi connectivity index (χ2n) is 6.85. The van der Waals surface area contributed by atoms with Gasteiger partial charge in [0.2, 0.25) is 0 Å². The van der Waals surface area contributed by atoms with E-state index < -0.39 is 0 Å². The lowest BCUT2D eigenvalue weighted by atomic mass is 10.1. The van der Waals surface area contributed by atoms with Crippen LogP contribution in [0.3, 0.4) is 0 Å². The minimum absolute atomic E-state index is 0.00589. The van der Waals surface area contributed by atoms with Crippen LogP contribution in [-0.2, 0) is 11.3 Å². The van der Waals surface area contributed by atoms with E-state index in [4.69, 9.17) is 9.47 Å². The van der Waals surface area contributed by atoms with Crippen LogP contribution in [0.5, 0.6) is 5.75 Å². The Kier molecular flexibility index (Phi) is 4.28. The lowest BCUT2D eigenvalue weighted by Gasteiger charge is -2.17. The predicted octanol–water partition coefficient (Wildman–Crippen LogP) is 2.91. The maximum absolute atomic E-state index is 13.0. The first kappa shape index (κ1) is 16.8. The smallest absolute Gasteiger partial charge is 0.262 e. The van der Waals surface area contributed by atoms with Gasteiger partial charge in [-0.3, -0.25) is 9.48 Å². The zero-order chi connectivity index (χ0) is 18.3. The van der Waals surface area contributed by atoms with Gasteiger partial charge in [-0.25, -0.2) is 0 Å². The Morgan fingerprint density at radius 1 is 1.31 bits per heavy atom. The van der Waals surface area contributed by atoms with Crippen molar-refractivity contribution in [2.75, 3.05) is 13.7 Å². The van der Waals surface area contributed by atoms with Gasteiger partial charge in [0.25, 0.3) is 5.56 Å². The van der Waals surface area contributed by atoms with E-state index in [1.807, 2.05) is 35.9 Å². The molecule has 3 heterocycles. The van der Waals surface area contributed by atoms with Crippen LogP contribution < -0.4 is 10.3 Å². The van der Waals surface area contributed by atoms with E-state index in [-0.39, 0.29) is 17.7 Å². The fourth-order valence-electron chi connectivity index (χ4n) is 3.68. The zero-order valence-electron chi connectivity index (χ0n) is 15.3. The average molecular weight is 353 g/mol. The number of ether oxygens (including phenoxy) is 2. The van der Waals surface area contributed by atoms with Gasteiger partial charge in [-0.15, -0.1) is 0 Å². The van der Waals surface area contributed by atoms with Crippen molar-refractivity contribution in [2.24, 2.45) is 0 Å². The number of pyridine rings is 1. The molecular formula is C20H23N3O3. The number of fused-ring (bicyclic) bond motifs is 1. The molecule has 3 aromatic rings. The van der Waals surface area contributed by atoms with Gasteiger partial charge in [-0.1, -0.05) is 12.1 Å². The molecule has 4 rings (SSSR count). The Labute approximate surface area is 152 Å². The van der Waals surface area contributed by atoms with Gasteiger partial charge in [0.1, 0.15) is 5.75 Å². The van der Waals surface area contributed by atoms with E-state index in [0.29, 0.717) is 11.9 Å². The highest BCUT2D eigenvalue weighted by Gasteiger charge is 2.28. The van der Waals surface area contributed by atoms with Crippen LogP contribution in [0.2, 0.25) is 0 Å². The molecule has 0 bridgehead atoms. The number of aromatic nitrogens is 3. The third-order valence-corrected chi connectivity index (χ3v) is 5.23. The van der Waals surface area contributed by atoms with Gasteiger partial charge in [-0.2, -0.15) is 5.10 Å². The first-order valence-electron chi connectivity index (χ1n) is 8.90. The minimum Gasteiger partial charge on any atom is -0.497 e. The minimum atomic E-state index is -0.00589. The van der Waals surface area contributed by atoms with Crippen LogP contribution in [0, 0.1) is 6.92 Å². The molecule has 136 valence electrons. The van der Waals surface area contributed by atoms with Gasteiger partial charge in [0.05, 0.1) is 42.9 Å². The molecule has 0 aliphatic carbocycles. The van der Waals surface area contributed by atoms with E-state index in [9.17, 15) is 4.79 Å². The van der Waals surface area contributed by atoms with Crippen molar-refractivity contribution in [3.05, 3.63) is 58.1 Å². The summed E-state index contributed by atoms with van der Waals surface area (Å²) in [6, 6.07) is 10.0. The second-order valence-corrected chi connectivity index (χ2v) is 6.85. The fourth-order valence-corrected chi connectivity index (χ4v) is 3.68. The molecule has 0 saturated carbocycles. The average Bonchev–Trinajstić information content (AvgIpc) is 3.25. The Morgan fingerprint density at radius 3 is 2.73 bits per heavy atom. The molecule has 2 atom stereocenters. The summed E-state index contributed by atoms with van der Waals surface area (Å²) in [5.74, 6) is 0.808. The molecule has 1 saturated heterocycles. The molecule has 0 radical (unpaired) electrons. The summed E-state index contributed by atoms with van der Waals surface area (Å²) in [4.78, 5) is 13.0. The molecule has 1 aliphatic rings. The van der Waals surface area contributed by atoms with Crippen LogP contribution in [0.15, 0.2) is 41.3 Å². The number of hydrogen-bond acceptors (Lipinski definition) is 4. The van der Waals surface area contributed by atoms with Crippen LogP contribution >= 0.6 is 0 Å². The number of hydrogen-bond donors (Lipinski definition) is 0. The third-order valence-electron chi connectivity index (χ3n) is 5.23. The largest absolute Gasteiger partial charge is 0.497 e. The molecule has 2 aromatic heterocycles. The van der Waals surface area contributed by atoms with Crippen molar-refractivity contribution >= 4 is 10.9 Å². The highest BCUT2D eigenvalue weighted by Crippen LogP contribution is 2.28. The maximum Gasteiger partial charge on any atom is 0.262 e. The van der Waals surface area contributed by atoms with Gasteiger partial charge >= 0.3 is 0 Å². The van der Waals surface area contributed by atoms with Crippen LogP contribution in [-0.4, -0.2) is 34.2 Å². The van der Waals surface area contributed by atoms with E-state index in [2.05, 4.69) is 18.1 Å². The molecule has 0 spiro atoms. The molecule has 6 nitrogen and oxygen atoms in total. The van der Waals surface area contributed by atoms with Crippen molar-refractivity contribution in [1.29, 1.82) is 0 Å². The first-order valence-corrected chi connectivity index (χ1v) is 8.90. The number of benzene rings is 1. The molecular weight excluding hydrogens is 330 g/mol. The number of nitrogens with zero attached hydrogens (tertiary/aromatic N) is 3. The highest BCUT2D eigenvalue weighted by atomic mass is 16.5. The lowest BCUT2D eigenvalue weighted by Crippen LogP contribution is -2.24. The van der Waals surface area contributed by atoms with Gasteiger partial charge in [-0.05, 0) is 44.0 Å². The molecule has 0 amide bonds. The van der Waals surface area contributed by atoms with Gasteiger partial charge < -0.3 is 14.0 Å². The highest BCUT2D eigenvalue weighted by molar-refractivity contribution is 5.78. The predicted molar refractivity (Wildman–Crippen MR) is 99.9 cm³/mol. The van der Waals surface area contributed by atoms with Crippen molar-refractivity contribution < 1.29 is 9.47 Å². The van der Waals surface area contributed by atoms with Crippen LogP contribution in [0.25, 0.3) is 10.9 Å². The van der Waals surface area contributed by atoms with E-state index in [1.54, 1.807) is 17.9 Å². The van der Waals surface area contributed by atoms with E-state index >= 15 is 0 Å². The third kappa shape index (κ3) is 2.80. The Morgan fingerprint density at radius 2 is 2.08 bits per heavy atom. The van der Waals surface area contributed by atoms with Gasteiger partial charge in [0, 0.05) is 12.3 Å². The number of rotatable bonds is 4. The Bertz CT molecular complexity index is 988. The van der Waals surface area contributed by atoms with Crippen molar-refractivity contribution in [1.82, 2.24) is 14.3 Å². The summed E-state index contributed by atoms with van der Waals surface area (Å²) in [6.07, 6.45) is 2.72. The number of aryl methyl sites for hydroxylation is 1. The van der Waals surface area contributed by atoms with Crippen molar-refractivity contribution in [3.8, 4) is 5.75 Å². The summed E-state index contributed by atoms with van der Waals surface area (Å²) < 4.78 is 14.6. The first-order chi connectivity index (χ1) is 12.6. The standard InChI is InChI=1S/C20H23N3O3/c1-13-10-19-17(11-21-23(19)18-8-9-26-14(18)2)20(24)22(13)12-15-4-6-16(25-3)7-5-15/h4-7,10-11,14,18H,8-9,12H2,1-3H3/t14-,18-/m0/s1.